The van der Waals surface area contributed by atoms with Crippen molar-refractivity contribution in [3.63, 3.8) is 0 Å². The number of amides is 2. The smallest absolute Gasteiger partial charge is 0.262 e. The van der Waals surface area contributed by atoms with E-state index < -0.39 is 6.10 Å². The zero-order chi connectivity index (χ0) is 20.1. The van der Waals surface area contributed by atoms with Gasteiger partial charge in [-0.15, -0.1) is 0 Å². The van der Waals surface area contributed by atoms with Crippen molar-refractivity contribution in [1.29, 1.82) is 0 Å². The number of nitrogens with one attached hydrogen (secondary N) is 2. The van der Waals surface area contributed by atoms with E-state index in [9.17, 15) is 9.59 Å². The van der Waals surface area contributed by atoms with E-state index in [1.54, 1.807) is 0 Å². The SMILES string of the molecule is CCCNC(=O)[C@H]1CN(CC(=O)Nc2cccc(C)c2C)c2ccccc2O1. The van der Waals surface area contributed by atoms with Gasteiger partial charge in [-0.2, -0.15) is 0 Å². The Labute approximate surface area is 165 Å². The molecule has 0 saturated heterocycles. The van der Waals surface area contributed by atoms with Crippen LogP contribution in [-0.2, 0) is 9.59 Å². The second-order valence-electron chi connectivity index (χ2n) is 7.04. The average molecular weight is 381 g/mol. The minimum Gasteiger partial charge on any atom is -0.477 e. The predicted molar refractivity (Wildman–Crippen MR) is 111 cm³/mol. The van der Waals surface area contributed by atoms with Gasteiger partial charge in [0.15, 0.2) is 6.10 Å². The van der Waals surface area contributed by atoms with Crippen molar-refractivity contribution < 1.29 is 14.3 Å². The lowest BCUT2D eigenvalue weighted by Gasteiger charge is -2.35. The van der Waals surface area contributed by atoms with Gasteiger partial charge in [0.2, 0.25) is 5.91 Å². The van der Waals surface area contributed by atoms with Gasteiger partial charge >= 0.3 is 0 Å². The van der Waals surface area contributed by atoms with E-state index >= 15 is 0 Å². The number of para-hydroxylation sites is 2. The summed E-state index contributed by atoms with van der Waals surface area (Å²) in [5.74, 6) is 0.333. The summed E-state index contributed by atoms with van der Waals surface area (Å²) in [6.45, 7) is 7.08. The molecule has 2 aromatic rings. The van der Waals surface area contributed by atoms with E-state index in [-0.39, 0.29) is 18.4 Å². The molecule has 1 atom stereocenters. The standard InChI is InChI=1S/C22H27N3O3/c1-4-12-23-22(27)20-13-25(18-10-5-6-11-19(18)28-20)14-21(26)24-17-9-7-8-15(2)16(17)3/h5-11,20H,4,12-14H2,1-3H3,(H,23,27)(H,24,26)/t20-/m1/s1. The monoisotopic (exact) mass is 381 g/mol. The average Bonchev–Trinajstić information content (AvgIpc) is 2.69. The molecular weight excluding hydrogens is 354 g/mol. The highest BCUT2D eigenvalue weighted by atomic mass is 16.5. The topological polar surface area (TPSA) is 70.7 Å². The third-order valence-corrected chi connectivity index (χ3v) is 4.92. The number of hydrogen-bond donors (Lipinski definition) is 2. The Morgan fingerprint density at radius 3 is 2.71 bits per heavy atom. The number of nitrogens with zero attached hydrogens (tertiary/aromatic N) is 1. The highest BCUT2D eigenvalue weighted by Crippen LogP contribution is 2.33. The quantitative estimate of drug-likeness (QED) is 0.807. The van der Waals surface area contributed by atoms with Crippen molar-refractivity contribution in [3.05, 3.63) is 53.6 Å². The summed E-state index contributed by atoms with van der Waals surface area (Å²) in [5, 5.41) is 5.85. The van der Waals surface area contributed by atoms with Crippen LogP contribution in [0.3, 0.4) is 0 Å². The molecule has 2 N–H and O–H groups in total. The Bertz CT molecular complexity index is 866. The zero-order valence-electron chi connectivity index (χ0n) is 16.6. The molecule has 0 fully saturated rings. The maximum Gasteiger partial charge on any atom is 0.262 e. The number of rotatable bonds is 6. The molecule has 0 aliphatic carbocycles. The van der Waals surface area contributed by atoms with Crippen LogP contribution >= 0.6 is 0 Å². The van der Waals surface area contributed by atoms with E-state index in [1.165, 1.54) is 0 Å². The molecule has 0 radical (unpaired) electrons. The first-order valence-corrected chi connectivity index (χ1v) is 9.64. The number of anilines is 2. The Morgan fingerprint density at radius 2 is 1.93 bits per heavy atom. The molecular formula is C22H27N3O3. The molecule has 2 aromatic carbocycles. The molecule has 0 bridgehead atoms. The molecule has 3 rings (SSSR count). The van der Waals surface area contributed by atoms with Gasteiger partial charge in [-0.3, -0.25) is 9.59 Å². The van der Waals surface area contributed by atoms with Gasteiger partial charge in [-0.05, 0) is 49.6 Å². The molecule has 0 unspecified atom stereocenters. The highest BCUT2D eigenvalue weighted by molar-refractivity contribution is 5.95. The van der Waals surface area contributed by atoms with E-state index in [1.807, 2.05) is 68.1 Å². The number of carbonyl (C=O) groups is 2. The van der Waals surface area contributed by atoms with Crippen molar-refractivity contribution >= 4 is 23.2 Å². The minimum atomic E-state index is -0.644. The molecule has 6 nitrogen and oxygen atoms in total. The van der Waals surface area contributed by atoms with Crippen LogP contribution in [0.5, 0.6) is 5.75 Å². The fourth-order valence-electron chi connectivity index (χ4n) is 3.20. The molecule has 28 heavy (non-hydrogen) atoms. The summed E-state index contributed by atoms with van der Waals surface area (Å²) in [6, 6.07) is 13.3. The Hall–Kier alpha value is -3.02. The molecule has 0 spiro atoms. The molecule has 1 aliphatic rings. The van der Waals surface area contributed by atoms with Crippen molar-refractivity contribution in [1.82, 2.24) is 5.32 Å². The third kappa shape index (κ3) is 4.44. The van der Waals surface area contributed by atoms with Gasteiger partial charge in [0, 0.05) is 12.2 Å². The summed E-state index contributed by atoms with van der Waals surface area (Å²) in [4.78, 5) is 27.0. The van der Waals surface area contributed by atoms with Gasteiger partial charge in [-0.25, -0.2) is 0 Å². The van der Waals surface area contributed by atoms with Crippen LogP contribution in [0, 0.1) is 13.8 Å². The van der Waals surface area contributed by atoms with E-state index in [2.05, 4.69) is 10.6 Å². The molecule has 1 heterocycles. The molecule has 0 saturated carbocycles. The van der Waals surface area contributed by atoms with Gasteiger partial charge in [-0.1, -0.05) is 31.2 Å². The minimum absolute atomic E-state index is 0.127. The Kier molecular flexibility index (Phi) is 6.19. The van der Waals surface area contributed by atoms with Crippen molar-refractivity contribution in [3.8, 4) is 5.75 Å². The lowest BCUT2D eigenvalue weighted by Crippen LogP contribution is -2.50. The van der Waals surface area contributed by atoms with Crippen LogP contribution in [-0.4, -0.2) is 37.6 Å². The van der Waals surface area contributed by atoms with E-state index in [0.717, 1.165) is 28.9 Å². The molecule has 148 valence electrons. The summed E-state index contributed by atoms with van der Waals surface area (Å²) >= 11 is 0. The summed E-state index contributed by atoms with van der Waals surface area (Å²) < 4.78 is 5.87. The molecule has 6 heteroatoms. The molecule has 0 aromatic heterocycles. The number of aryl methyl sites for hydroxylation is 1. The van der Waals surface area contributed by atoms with Gasteiger partial charge in [0.25, 0.3) is 5.91 Å². The number of carbonyl (C=O) groups excluding carboxylic acids is 2. The van der Waals surface area contributed by atoms with Gasteiger partial charge in [0.1, 0.15) is 5.75 Å². The van der Waals surface area contributed by atoms with Crippen LogP contribution in [0.2, 0.25) is 0 Å². The largest absolute Gasteiger partial charge is 0.477 e. The predicted octanol–water partition coefficient (Wildman–Crippen LogP) is 3.04. The second kappa shape index (κ2) is 8.78. The number of ether oxygens (including phenoxy) is 1. The highest BCUT2D eigenvalue weighted by Gasteiger charge is 2.31. The maximum atomic E-state index is 12.7. The third-order valence-electron chi connectivity index (χ3n) is 4.92. The van der Waals surface area contributed by atoms with Gasteiger partial charge in [0.05, 0.1) is 18.8 Å². The lowest BCUT2D eigenvalue weighted by atomic mass is 10.1. The van der Waals surface area contributed by atoms with Crippen LogP contribution in [0.4, 0.5) is 11.4 Å². The van der Waals surface area contributed by atoms with Crippen molar-refractivity contribution in [2.24, 2.45) is 0 Å². The maximum absolute atomic E-state index is 12.7. The van der Waals surface area contributed by atoms with Crippen LogP contribution in [0.25, 0.3) is 0 Å². The fraction of sp³-hybridized carbons (Fsp3) is 0.364. The fourth-order valence-corrected chi connectivity index (χ4v) is 3.20. The first kappa shape index (κ1) is 19.7. The summed E-state index contributed by atoms with van der Waals surface area (Å²) in [5.41, 5.74) is 3.80. The first-order chi connectivity index (χ1) is 13.5. The molecule has 1 aliphatic heterocycles. The van der Waals surface area contributed by atoms with Crippen LogP contribution in [0.15, 0.2) is 42.5 Å². The van der Waals surface area contributed by atoms with Crippen LogP contribution in [0.1, 0.15) is 24.5 Å². The normalized spacial score (nSPS) is 15.4. The summed E-state index contributed by atoms with van der Waals surface area (Å²) in [6.07, 6.45) is 0.215. The second-order valence-corrected chi connectivity index (χ2v) is 7.04. The van der Waals surface area contributed by atoms with Crippen molar-refractivity contribution in [2.45, 2.75) is 33.3 Å². The zero-order valence-corrected chi connectivity index (χ0v) is 16.6. The first-order valence-electron chi connectivity index (χ1n) is 9.64. The van der Waals surface area contributed by atoms with E-state index in [0.29, 0.717) is 18.8 Å². The lowest BCUT2D eigenvalue weighted by molar-refractivity contribution is -0.128. The number of fused-ring (bicyclic) bond motifs is 1. The number of hydrogen-bond acceptors (Lipinski definition) is 4. The Balaban J connectivity index is 1.74. The number of benzene rings is 2. The van der Waals surface area contributed by atoms with Gasteiger partial charge < -0.3 is 20.3 Å². The summed E-state index contributed by atoms with van der Waals surface area (Å²) in [7, 11) is 0. The van der Waals surface area contributed by atoms with Crippen molar-refractivity contribution in [2.75, 3.05) is 29.9 Å². The van der Waals surface area contributed by atoms with Crippen LogP contribution < -0.4 is 20.3 Å². The van der Waals surface area contributed by atoms with E-state index in [4.69, 9.17) is 4.74 Å². The Morgan fingerprint density at radius 1 is 1.14 bits per heavy atom. The molecule has 2 amide bonds.